The minimum absolute atomic E-state index is 0.199. The Balaban J connectivity index is 1.88. The number of carbonyl (C=O) groups excluding carboxylic acids is 1. The number of hydrogen-bond acceptors (Lipinski definition) is 3. The summed E-state index contributed by atoms with van der Waals surface area (Å²) in [7, 11) is 0. The van der Waals surface area contributed by atoms with E-state index in [2.05, 4.69) is 4.74 Å². The molecule has 40 valence electrons. The van der Waals surface area contributed by atoms with Crippen LogP contribution in [-0.2, 0) is 14.3 Å². The second-order valence-electron chi connectivity index (χ2n) is 1.38. The molecular formula is C4H6O3. The Morgan fingerprint density at radius 3 is 3.14 bits per heavy atom. The van der Waals surface area contributed by atoms with Crippen LogP contribution in [0.5, 0.6) is 0 Å². The van der Waals surface area contributed by atoms with Crippen molar-refractivity contribution in [3.8, 4) is 0 Å². The van der Waals surface area contributed by atoms with Crippen LogP contribution in [0.15, 0.2) is 0 Å². The van der Waals surface area contributed by atoms with Crippen molar-refractivity contribution in [1.82, 2.24) is 0 Å². The van der Waals surface area contributed by atoms with Gasteiger partial charge in [-0.1, -0.05) is 0 Å². The molecule has 0 amide bonds. The highest BCUT2D eigenvalue weighted by atomic mass is 16.6. The van der Waals surface area contributed by atoms with E-state index < -0.39 is 0 Å². The minimum atomic E-state index is 0.199. The third kappa shape index (κ3) is 1.55. The fourth-order valence-corrected chi connectivity index (χ4v) is 0.311. The van der Waals surface area contributed by atoms with Gasteiger partial charge >= 0.3 is 0 Å². The summed E-state index contributed by atoms with van der Waals surface area (Å²) in [4.78, 5) is 9.46. The monoisotopic (exact) mass is 102 g/mol. The van der Waals surface area contributed by atoms with Crippen LogP contribution >= 0.6 is 0 Å². The SMILES string of the molecule is O=COCC1CO1. The Hall–Kier alpha value is -0.570. The molecule has 1 saturated heterocycles. The molecule has 0 aromatic heterocycles. The highest BCUT2D eigenvalue weighted by Gasteiger charge is 2.22. The van der Waals surface area contributed by atoms with Crippen molar-refractivity contribution in [2.45, 2.75) is 6.10 Å². The van der Waals surface area contributed by atoms with E-state index in [-0.39, 0.29) is 6.10 Å². The first-order valence-corrected chi connectivity index (χ1v) is 2.10. The van der Waals surface area contributed by atoms with Crippen LogP contribution in [0, 0.1) is 0 Å². The standard InChI is InChI=1S/C4H6O3/c5-3-6-1-4-2-7-4/h3-4H,1-2H2. The van der Waals surface area contributed by atoms with Crippen molar-refractivity contribution in [3.05, 3.63) is 0 Å². The van der Waals surface area contributed by atoms with Gasteiger partial charge in [0.2, 0.25) is 0 Å². The lowest BCUT2D eigenvalue weighted by atomic mass is 10.5. The van der Waals surface area contributed by atoms with E-state index in [9.17, 15) is 4.79 Å². The second kappa shape index (κ2) is 1.93. The summed E-state index contributed by atoms with van der Waals surface area (Å²) in [6.07, 6.45) is 0.199. The van der Waals surface area contributed by atoms with Gasteiger partial charge in [0.05, 0.1) is 6.61 Å². The molecule has 1 heterocycles. The molecule has 0 saturated carbocycles. The molecule has 3 heteroatoms. The molecule has 1 atom stereocenters. The quantitative estimate of drug-likeness (QED) is 0.358. The summed E-state index contributed by atoms with van der Waals surface area (Å²) in [5, 5.41) is 0. The lowest BCUT2D eigenvalue weighted by Gasteiger charge is -1.86. The third-order valence-corrected chi connectivity index (χ3v) is 0.753. The van der Waals surface area contributed by atoms with Crippen LogP contribution in [0.3, 0.4) is 0 Å². The molecule has 0 radical (unpaired) electrons. The average Bonchev–Trinajstić information content (AvgIpc) is 2.42. The van der Waals surface area contributed by atoms with Crippen molar-refractivity contribution in [1.29, 1.82) is 0 Å². The number of epoxide rings is 1. The highest BCUT2D eigenvalue weighted by Crippen LogP contribution is 2.07. The zero-order valence-electron chi connectivity index (χ0n) is 3.79. The Morgan fingerprint density at radius 2 is 2.71 bits per heavy atom. The van der Waals surface area contributed by atoms with Crippen molar-refractivity contribution >= 4 is 6.47 Å². The maximum Gasteiger partial charge on any atom is 0.293 e. The van der Waals surface area contributed by atoms with Crippen LogP contribution in [0.1, 0.15) is 0 Å². The molecule has 0 aromatic rings. The Morgan fingerprint density at radius 1 is 2.00 bits per heavy atom. The van der Waals surface area contributed by atoms with Gasteiger partial charge in [-0.05, 0) is 0 Å². The van der Waals surface area contributed by atoms with E-state index in [0.29, 0.717) is 13.1 Å². The summed E-state index contributed by atoms with van der Waals surface area (Å²) in [6.45, 7) is 1.60. The number of carbonyl (C=O) groups is 1. The molecule has 0 bridgehead atoms. The van der Waals surface area contributed by atoms with Gasteiger partial charge in [0.1, 0.15) is 12.7 Å². The van der Waals surface area contributed by atoms with Crippen molar-refractivity contribution in [2.75, 3.05) is 13.2 Å². The predicted octanol–water partition coefficient (Wildman–Crippen LogP) is -0.442. The molecule has 0 N–H and O–H groups in total. The summed E-state index contributed by atoms with van der Waals surface area (Å²) in [5.74, 6) is 0. The number of ether oxygens (including phenoxy) is 2. The van der Waals surface area contributed by atoms with Gasteiger partial charge in [-0.15, -0.1) is 0 Å². The lowest BCUT2D eigenvalue weighted by Crippen LogP contribution is -1.97. The van der Waals surface area contributed by atoms with Gasteiger partial charge < -0.3 is 9.47 Å². The van der Waals surface area contributed by atoms with Crippen LogP contribution in [0.4, 0.5) is 0 Å². The summed E-state index contributed by atoms with van der Waals surface area (Å²) >= 11 is 0. The first kappa shape index (κ1) is 4.59. The lowest BCUT2D eigenvalue weighted by molar-refractivity contribution is -0.129. The summed E-state index contributed by atoms with van der Waals surface area (Å²) < 4.78 is 9.08. The van der Waals surface area contributed by atoms with Gasteiger partial charge in [-0.3, -0.25) is 4.79 Å². The van der Waals surface area contributed by atoms with Crippen molar-refractivity contribution in [2.24, 2.45) is 0 Å². The molecular weight excluding hydrogens is 96.0 g/mol. The first-order valence-electron chi connectivity index (χ1n) is 2.10. The van der Waals surface area contributed by atoms with E-state index in [4.69, 9.17) is 4.74 Å². The van der Waals surface area contributed by atoms with E-state index in [1.807, 2.05) is 0 Å². The molecule has 1 aliphatic rings. The Bertz CT molecular complexity index is 67.3. The minimum Gasteiger partial charge on any atom is -0.465 e. The summed E-state index contributed by atoms with van der Waals surface area (Å²) in [6, 6.07) is 0. The molecule has 0 spiro atoms. The predicted molar refractivity (Wildman–Crippen MR) is 21.8 cm³/mol. The molecule has 1 fully saturated rings. The zero-order valence-corrected chi connectivity index (χ0v) is 3.79. The topological polar surface area (TPSA) is 38.8 Å². The molecule has 1 aliphatic heterocycles. The molecule has 0 aliphatic carbocycles. The fourth-order valence-electron chi connectivity index (χ4n) is 0.311. The van der Waals surface area contributed by atoms with E-state index in [1.165, 1.54) is 0 Å². The van der Waals surface area contributed by atoms with Gasteiger partial charge in [-0.2, -0.15) is 0 Å². The van der Waals surface area contributed by atoms with Crippen LogP contribution in [0.2, 0.25) is 0 Å². The highest BCUT2D eigenvalue weighted by molar-refractivity contribution is 5.36. The van der Waals surface area contributed by atoms with Gasteiger partial charge in [-0.25, -0.2) is 0 Å². The van der Waals surface area contributed by atoms with Crippen LogP contribution in [0.25, 0.3) is 0 Å². The van der Waals surface area contributed by atoms with Crippen LogP contribution in [-0.4, -0.2) is 25.8 Å². The van der Waals surface area contributed by atoms with E-state index in [1.54, 1.807) is 0 Å². The average molecular weight is 102 g/mol. The van der Waals surface area contributed by atoms with Gasteiger partial charge in [0, 0.05) is 0 Å². The van der Waals surface area contributed by atoms with Gasteiger partial charge in [0.25, 0.3) is 6.47 Å². The molecule has 1 rings (SSSR count). The Labute approximate surface area is 41.2 Å². The van der Waals surface area contributed by atoms with Crippen LogP contribution < -0.4 is 0 Å². The normalized spacial score (nSPS) is 26.6. The molecule has 3 nitrogen and oxygen atoms in total. The fraction of sp³-hybridized carbons (Fsp3) is 0.750. The molecule has 0 aromatic carbocycles. The van der Waals surface area contributed by atoms with E-state index >= 15 is 0 Å². The third-order valence-electron chi connectivity index (χ3n) is 0.753. The number of rotatable bonds is 3. The van der Waals surface area contributed by atoms with Crippen molar-refractivity contribution < 1.29 is 14.3 Å². The maximum absolute atomic E-state index is 9.46. The Kier molecular flexibility index (Phi) is 1.26. The van der Waals surface area contributed by atoms with Crippen molar-refractivity contribution in [3.63, 3.8) is 0 Å². The largest absolute Gasteiger partial charge is 0.465 e. The molecule has 1 unspecified atom stereocenters. The maximum atomic E-state index is 9.46. The first-order chi connectivity index (χ1) is 3.43. The van der Waals surface area contributed by atoms with Gasteiger partial charge in [0.15, 0.2) is 0 Å². The second-order valence-corrected chi connectivity index (χ2v) is 1.38. The number of hydrogen-bond donors (Lipinski definition) is 0. The molecule has 7 heavy (non-hydrogen) atoms. The smallest absolute Gasteiger partial charge is 0.293 e. The van der Waals surface area contributed by atoms with E-state index in [0.717, 1.165) is 6.61 Å². The zero-order chi connectivity index (χ0) is 5.11. The summed E-state index contributed by atoms with van der Waals surface area (Å²) in [5.41, 5.74) is 0.